The molecule has 4 rings (SSSR count). The van der Waals surface area contributed by atoms with Crippen molar-refractivity contribution in [3.05, 3.63) is 69.8 Å². The van der Waals surface area contributed by atoms with Crippen LogP contribution in [0.15, 0.2) is 47.3 Å². The van der Waals surface area contributed by atoms with Gasteiger partial charge in [0.2, 0.25) is 0 Å². The zero-order valence-electron chi connectivity index (χ0n) is 19.4. The number of rotatable bonds is 6. The maximum atomic E-state index is 14.6. The van der Waals surface area contributed by atoms with Crippen molar-refractivity contribution in [2.75, 3.05) is 25.1 Å². The van der Waals surface area contributed by atoms with E-state index in [1.54, 1.807) is 17.7 Å². The molecule has 0 spiro atoms. The number of methoxy groups -OCH3 is 1. The van der Waals surface area contributed by atoms with Gasteiger partial charge in [-0.05, 0) is 37.5 Å². The third-order valence-corrected chi connectivity index (χ3v) is 6.21. The van der Waals surface area contributed by atoms with Gasteiger partial charge in [-0.2, -0.15) is 5.26 Å². The summed E-state index contributed by atoms with van der Waals surface area (Å²) in [7, 11) is 1.64. The van der Waals surface area contributed by atoms with Crippen molar-refractivity contribution in [2.24, 2.45) is 5.73 Å². The molecule has 1 aliphatic rings. The monoisotopic (exact) mass is 461 g/mol. The van der Waals surface area contributed by atoms with Gasteiger partial charge in [-0.15, -0.1) is 0 Å². The molecule has 8 heteroatoms. The van der Waals surface area contributed by atoms with Crippen LogP contribution >= 0.6 is 0 Å². The van der Waals surface area contributed by atoms with E-state index in [1.165, 1.54) is 12.1 Å². The zero-order valence-corrected chi connectivity index (χ0v) is 19.4. The smallest absolute Gasteiger partial charge is 0.294 e. The third kappa shape index (κ3) is 4.58. The van der Waals surface area contributed by atoms with Gasteiger partial charge in [-0.1, -0.05) is 30.3 Å². The number of nitrogens with zero attached hydrogens (tertiary/aromatic N) is 4. The number of hydrogen-bond donors (Lipinski definition) is 1. The lowest BCUT2D eigenvalue weighted by atomic mass is 10.0. The summed E-state index contributed by atoms with van der Waals surface area (Å²) in [6.45, 7) is 4.08. The highest BCUT2D eigenvalue weighted by Gasteiger charge is 2.25. The van der Waals surface area contributed by atoms with Gasteiger partial charge < -0.3 is 19.9 Å². The van der Waals surface area contributed by atoms with Crippen molar-refractivity contribution >= 4 is 5.82 Å². The summed E-state index contributed by atoms with van der Waals surface area (Å²) in [6, 6.07) is 14.1. The van der Waals surface area contributed by atoms with E-state index in [-0.39, 0.29) is 17.2 Å². The van der Waals surface area contributed by atoms with Crippen molar-refractivity contribution in [2.45, 2.75) is 39.0 Å². The van der Waals surface area contributed by atoms with Crippen LogP contribution in [0.3, 0.4) is 0 Å². The van der Waals surface area contributed by atoms with Crippen molar-refractivity contribution < 1.29 is 9.13 Å². The molecule has 3 aromatic rings. The van der Waals surface area contributed by atoms with Crippen LogP contribution in [0.25, 0.3) is 22.5 Å². The molecule has 1 aliphatic heterocycles. The molecule has 34 heavy (non-hydrogen) atoms. The highest BCUT2D eigenvalue weighted by Crippen LogP contribution is 2.33. The molecule has 2 N–H and O–H groups in total. The first kappa shape index (κ1) is 23.6. The predicted octanol–water partition coefficient (Wildman–Crippen LogP) is 3.68. The van der Waals surface area contributed by atoms with Crippen molar-refractivity contribution in [3.8, 4) is 28.6 Å². The van der Waals surface area contributed by atoms with Crippen LogP contribution in [-0.4, -0.2) is 35.8 Å². The topological polar surface area (TPSA) is 97.2 Å². The molecule has 0 bridgehead atoms. The maximum absolute atomic E-state index is 14.6. The second-order valence-electron chi connectivity index (χ2n) is 8.44. The van der Waals surface area contributed by atoms with Gasteiger partial charge in [-0.25, -0.2) is 9.37 Å². The van der Waals surface area contributed by atoms with E-state index in [1.807, 2.05) is 42.2 Å². The number of aromatic nitrogens is 2. The standard InChI is InChI=1S/C26H28FN5O2/c1-3-32-24(18-6-4-17(5-7-18)16-34-2)23(19-8-9-20(15-28)22(27)14-19)30-25(26(32)33)31-12-10-21(29)11-13-31/h4-9,14,21H,3,10-13,16,29H2,1-2H3. The molecule has 0 aliphatic carbocycles. The predicted molar refractivity (Wildman–Crippen MR) is 130 cm³/mol. The number of hydrogen-bond acceptors (Lipinski definition) is 6. The lowest BCUT2D eigenvalue weighted by Crippen LogP contribution is -2.43. The first-order chi connectivity index (χ1) is 16.5. The highest BCUT2D eigenvalue weighted by atomic mass is 19.1. The molecule has 2 heterocycles. The molecule has 1 aromatic heterocycles. The van der Waals surface area contributed by atoms with Gasteiger partial charge in [0.1, 0.15) is 11.9 Å². The Balaban J connectivity index is 1.95. The molecule has 2 aromatic carbocycles. The maximum Gasteiger partial charge on any atom is 0.294 e. The van der Waals surface area contributed by atoms with E-state index in [2.05, 4.69) is 0 Å². The van der Waals surface area contributed by atoms with Crippen LogP contribution in [0.1, 0.15) is 30.9 Å². The van der Waals surface area contributed by atoms with Gasteiger partial charge in [0.25, 0.3) is 5.56 Å². The average molecular weight is 462 g/mol. The summed E-state index contributed by atoms with van der Waals surface area (Å²) in [4.78, 5) is 20.4. The molecule has 0 atom stereocenters. The Morgan fingerprint density at radius 3 is 2.44 bits per heavy atom. The zero-order chi connectivity index (χ0) is 24.2. The Kier molecular flexibility index (Phi) is 7.06. The fraction of sp³-hybridized carbons (Fsp3) is 0.346. The fourth-order valence-electron chi connectivity index (χ4n) is 4.35. The summed E-state index contributed by atoms with van der Waals surface area (Å²) >= 11 is 0. The van der Waals surface area contributed by atoms with E-state index < -0.39 is 5.82 Å². The number of anilines is 1. The summed E-state index contributed by atoms with van der Waals surface area (Å²) < 4.78 is 21.5. The minimum absolute atomic E-state index is 0.0386. The molecule has 1 fully saturated rings. The number of ether oxygens (including phenoxy) is 1. The quantitative estimate of drug-likeness (QED) is 0.601. The lowest BCUT2D eigenvalue weighted by Gasteiger charge is -2.31. The first-order valence-electron chi connectivity index (χ1n) is 11.4. The van der Waals surface area contributed by atoms with E-state index in [0.717, 1.165) is 24.0 Å². The minimum atomic E-state index is -0.622. The van der Waals surface area contributed by atoms with Crippen LogP contribution in [0.2, 0.25) is 0 Å². The number of halogens is 1. The van der Waals surface area contributed by atoms with Gasteiger partial charge in [0.15, 0.2) is 5.82 Å². The largest absolute Gasteiger partial charge is 0.380 e. The van der Waals surface area contributed by atoms with Gasteiger partial charge in [0, 0.05) is 43.9 Å². The molecule has 1 saturated heterocycles. The average Bonchev–Trinajstić information content (AvgIpc) is 2.85. The summed E-state index contributed by atoms with van der Waals surface area (Å²) in [5.74, 6) is -0.281. The van der Waals surface area contributed by atoms with E-state index in [0.29, 0.717) is 49.0 Å². The molecule has 176 valence electrons. The SMILES string of the molecule is CCn1c(-c2ccc(COC)cc2)c(-c2ccc(C#N)c(F)c2)nc(N2CCC(N)CC2)c1=O. The van der Waals surface area contributed by atoms with Gasteiger partial charge in [-0.3, -0.25) is 4.79 Å². The van der Waals surface area contributed by atoms with Crippen LogP contribution < -0.4 is 16.2 Å². The van der Waals surface area contributed by atoms with Crippen molar-refractivity contribution in [1.82, 2.24) is 9.55 Å². The Bertz CT molecular complexity index is 1270. The normalized spacial score (nSPS) is 14.3. The van der Waals surface area contributed by atoms with E-state index in [9.17, 15) is 9.18 Å². The number of nitriles is 1. The highest BCUT2D eigenvalue weighted by molar-refractivity contribution is 5.80. The molecular weight excluding hydrogens is 433 g/mol. The molecule has 0 radical (unpaired) electrons. The first-order valence-corrected chi connectivity index (χ1v) is 11.4. The fourth-order valence-corrected chi connectivity index (χ4v) is 4.35. The molecule has 0 unspecified atom stereocenters. The number of nitrogens with two attached hydrogens (primary N) is 1. The Morgan fingerprint density at radius 1 is 1.18 bits per heavy atom. The number of piperidine rings is 1. The van der Waals surface area contributed by atoms with Crippen LogP contribution in [0, 0.1) is 17.1 Å². The summed E-state index contributed by atoms with van der Waals surface area (Å²) in [5.41, 5.74) is 9.23. The number of benzene rings is 2. The molecule has 0 amide bonds. The minimum Gasteiger partial charge on any atom is -0.380 e. The van der Waals surface area contributed by atoms with Gasteiger partial charge in [0.05, 0.1) is 23.6 Å². The second kappa shape index (κ2) is 10.2. The van der Waals surface area contributed by atoms with Crippen molar-refractivity contribution in [3.63, 3.8) is 0 Å². The Hall–Kier alpha value is -3.54. The van der Waals surface area contributed by atoms with Crippen LogP contribution in [0.5, 0.6) is 0 Å². The molecule has 7 nitrogen and oxygen atoms in total. The second-order valence-corrected chi connectivity index (χ2v) is 8.44. The van der Waals surface area contributed by atoms with E-state index in [4.69, 9.17) is 20.7 Å². The lowest BCUT2D eigenvalue weighted by molar-refractivity contribution is 0.185. The van der Waals surface area contributed by atoms with Crippen LogP contribution in [-0.2, 0) is 17.9 Å². The third-order valence-electron chi connectivity index (χ3n) is 6.21. The van der Waals surface area contributed by atoms with Gasteiger partial charge >= 0.3 is 0 Å². The van der Waals surface area contributed by atoms with Crippen molar-refractivity contribution in [1.29, 1.82) is 5.26 Å². The molecule has 0 saturated carbocycles. The van der Waals surface area contributed by atoms with E-state index >= 15 is 0 Å². The Labute approximate surface area is 198 Å². The summed E-state index contributed by atoms with van der Waals surface area (Å²) in [6.07, 6.45) is 1.55. The Morgan fingerprint density at radius 2 is 1.85 bits per heavy atom. The summed E-state index contributed by atoms with van der Waals surface area (Å²) in [5, 5.41) is 9.16. The van der Waals surface area contributed by atoms with Crippen LogP contribution in [0.4, 0.5) is 10.2 Å². The molecular formula is C26H28FN5O2.